The number of nitrogens with one attached hydrogen (secondary N) is 2. The first-order valence-corrected chi connectivity index (χ1v) is 10.7. The minimum atomic E-state index is -1.21. The van der Waals surface area contributed by atoms with Crippen molar-refractivity contribution in [3.8, 4) is 5.75 Å². The van der Waals surface area contributed by atoms with Gasteiger partial charge in [0.15, 0.2) is 0 Å². The van der Waals surface area contributed by atoms with Crippen LogP contribution in [-0.2, 0) is 22.4 Å². The second kappa shape index (κ2) is 10.7. The molecule has 0 saturated carbocycles. The molecule has 2 atom stereocenters. The van der Waals surface area contributed by atoms with Crippen molar-refractivity contribution in [2.75, 3.05) is 19.0 Å². The van der Waals surface area contributed by atoms with E-state index in [-0.39, 0.29) is 5.91 Å². The van der Waals surface area contributed by atoms with Gasteiger partial charge in [-0.05, 0) is 49.8 Å². The summed E-state index contributed by atoms with van der Waals surface area (Å²) in [5.74, 6) is -0.164. The predicted molar refractivity (Wildman–Crippen MR) is 121 cm³/mol. The minimum Gasteiger partial charge on any atom is -0.494 e. The number of nitrogens with zero attached hydrogens (tertiary/aromatic N) is 1. The first-order chi connectivity index (χ1) is 15.3. The summed E-state index contributed by atoms with van der Waals surface area (Å²) >= 11 is 0. The van der Waals surface area contributed by atoms with Crippen LogP contribution in [-0.4, -0.2) is 53.7 Å². The lowest BCUT2D eigenvalue weighted by Gasteiger charge is -2.23. The third-order valence-electron chi connectivity index (χ3n) is 5.66. The average molecular weight is 440 g/mol. The normalized spacial score (nSPS) is 16.2. The summed E-state index contributed by atoms with van der Waals surface area (Å²) in [7, 11) is 1.32. The highest BCUT2D eigenvalue weighted by molar-refractivity contribution is 5.99. The first-order valence-electron chi connectivity index (χ1n) is 10.7. The number of rotatable bonds is 8. The van der Waals surface area contributed by atoms with Gasteiger partial charge >= 0.3 is 6.09 Å². The van der Waals surface area contributed by atoms with Gasteiger partial charge in [0.05, 0.1) is 6.61 Å². The largest absolute Gasteiger partial charge is 0.494 e. The molecule has 3 amide bonds. The van der Waals surface area contributed by atoms with E-state index in [1.807, 2.05) is 30.3 Å². The van der Waals surface area contributed by atoms with Gasteiger partial charge in [0.1, 0.15) is 17.8 Å². The highest BCUT2D eigenvalue weighted by Crippen LogP contribution is 2.27. The Labute approximate surface area is 187 Å². The van der Waals surface area contributed by atoms with Gasteiger partial charge < -0.3 is 20.5 Å². The molecule has 32 heavy (non-hydrogen) atoms. The van der Waals surface area contributed by atoms with Crippen molar-refractivity contribution in [2.24, 2.45) is 0 Å². The molecule has 0 unspecified atom stereocenters. The number of carbonyl (C=O) groups excluding carboxylic acids is 2. The maximum Gasteiger partial charge on any atom is 0.407 e. The van der Waals surface area contributed by atoms with E-state index in [0.29, 0.717) is 30.9 Å². The Morgan fingerprint density at radius 3 is 2.72 bits per heavy atom. The van der Waals surface area contributed by atoms with Crippen molar-refractivity contribution in [1.82, 2.24) is 10.2 Å². The van der Waals surface area contributed by atoms with Gasteiger partial charge in [-0.2, -0.15) is 0 Å². The van der Waals surface area contributed by atoms with E-state index >= 15 is 0 Å². The third-order valence-corrected chi connectivity index (χ3v) is 5.66. The fourth-order valence-electron chi connectivity index (χ4n) is 3.51. The number of hydrogen-bond acceptors (Lipinski definition) is 4. The molecule has 8 heteroatoms. The number of anilines is 1. The van der Waals surface area contributed by atoms with Crippen LogP contribution in [0.1, 0.15) is 30.9 Å². The Balaban J connectivity index is 1.54. The van der Waals surface area contributed by atoms with Crippen molar-refractivity contribution < 1.29 is 24.2 Å². The van der Waals surface area contributed by atoms with Gasteiger partial charge in [0, 0.05) is 18.8 Å². The summed E-state index contributed by atoms with van der Waals surface area (Å²) in [4.78, 5) is 37.0. The number of ether oxygens (including phenoxy) is 1. The third kappa shape index (κ3) is 6.00. The molecule has 2 aromatic rings. The Bertz CT molecular complexity index is 963. The lowest BCUT2D eigenvalue weighted by Crippen LogP contribution is -2.51. The van der Waals surface area contributed by atoms with Crippen LogP contribution in [0.25, 0.3) is 0 Å². The number of benzene rings is 2. The molecule has 0 radical (unpaired) electrons. The number of aryl methyl sites for hydroxylation is 2. The predicted octanol–water partition coefficient (Wildman–Crippen LogP) is 3.07. The number of carbonyl (C=O) groups is 3. The Morgan fingerprint density at radius 2 is 2.00 bits per heavy atom. The zero-order chi connectivity index (χ0) is 23.1. The zero-order valence-electron chi connectivity index (χ0n) is 18.3. The molecule has 3 rings (SSSR count). The summed E-state index contributed by atoms with van der Waals surface area (Å²) in [6.07, 6.45) is 1.62. The van der Waals surface area contributed by atoms with Gasteiger partial charge in [0.2, 0.25) is 11.8 Å². The molecule has 0 fully saturated rings. The highest BCUT2D eigenvalue weighted by atomic mass is 16.5. The van der Waals surface area contributed by atoms with Crippen LogP contribution in [0.2, 0.25) is 0 Å². The molecule has 0 saturated heterocycles. The standard InChI is InChI=1S/C24H29N3O5/c1-16(27(2)24(30)31)22(28)25-20-13-11-18-10-12-19(15-21(18)26-23(20)29)32-14-6-9-17-7-4-3-5-8-17/h3-5,7-8,10,12,15-16,20H,6,9,11,13-14H2,1-2H3,(H,25,28)(H,26,29)(H,30,31)/t16-,20-/m0/s1. The number of fused-ring (bicyclic) bond motifs is 1. The summed E-state index contributed by atoms with van der Waals surface area (Å²) < 4.78 is 5.86. The molecule has 1 aliphatic rings. The maximum absolute atomic E-state index is 12.7. The molecule has 8 nitrogen and oxygen atoms in total. The number of likely N-dealkylation sites (N-methyl/N-ethyl adjacent to an activating group) is 1. The smallest absolute Gasteiger partial charge is 0.407 e. The molecular weight excluding hydrogens is 410 g/mol. The molecule has 0 aromatic heterocycles. The second-order valence-corrected chi connectivity index (χ2v) is 7.92. The minimum absolute atomic E-state index is 0.330. The number of hydrogen-bond donors (Lipinski definition) is 3. The van der Waals surface area contributed by atoms with Gasteiger partial charge in [-0.1, -0.05) is 36.4 Å². The lowest BCUT2D eigenvalue weighted by molar-refractivity contribution is -0.129. The summed E-state index contributed by atoms with van der Waals surface area (Å²) in [5, 5.41) is 14.6. The lowest BCUT2D eigenvalue weighted by atomic mass is 10.1. The van der Waals surface area contributed by atoms with Crippen LogP contribution in [0.4, 0.5) is 10.5 Å². The fourth-order valence-corrected chi connectivity index (χ4v) is 3.51. The molecule has 2 aromatic carbocycles. The number of amides is 3. The SMILES string of the molecule is C[C@@H](C(=O)N[C@H]1CCc2ccc(OCCCc3ccccc3)cc2NC1=O)N(C)C(=O)O. The topological polar surface area (TPSA) is 108 Å². The molecular formula is C24H29N3O5. The molecule has 1 heterocycles. The molecule has 3 N–H and O–H groups in total. The summed E-state index contributed by atoms with van der Waals surface area (Å²) in [6, 6.07) is 14.2. The Kier molecular flexibility index (Phi) is 7.70. The van der Waals surface area contributed by atoms with Crippen LogP contribution in [0.15, 0.2) is 48.5 Å². The summed E-state index contributed by atoms with van der Waals surface area (Å²) in [5.41, 5.74) is 2.90. The molecule has 170 valence electrons. The van der Waals surface area contributed by atoms with E-state index in [1.165, 1.54) is 19.5 Å². The quantitative estimate of drug-likeness (QED) is 0.548. The molecule has 0 aliphatic carbocycles. The van der Waals surface area contributed by atoms with Crippen molar-refractivity contribution in [1.29, 1.82) is 0 Å². The van der Waals surface area contributed by atoms with E-state index in [4.69, 9.17) is 9.84 Å². The number of carboxylic acid groups (broad SMARTS) is 1. The van der Waals surface area contributed by atoms with Gasteiger partial charge in [0.25, 0.3) is 0 Å². The van der Waals surface area contributed by atoms with E-state index in [1.54, 1.807) is 6.07 Å². The van der Waals surface area contributed by atoms with Gasteiger partial charge in [-0.25, -0.2) is 4.79 Å². The Hall–Kier alpha value is -3.55. The van der Waals surface area contributed by atoms with Crippen LogP contribution in [0, 0.1) is 0 Å². The summed E-state index contributed by atoms with van der Waals surface area (Å²) in [6.45, 7) is 2.05. The van der Waals surface area contributed by atoms with Crippen LogP contribution < -0.4 is 15.4 Å². The van der Waals surface area contributed by atoms with Crippen molar-refractivity contribution in [2.45, 2.75) is 44.7 Å². The average Bonchev–Trinajstić information content (AvgIpc) is 2.94. The zero-order valence-corrected chi connectivity index (χ0v) is 18.3. The fraction of sp³-hybridized carbons (Fsp3) is 0.375. The Morgan fingerprint density at radius 1 is 1.25 bits per heavy atom. The van der Waals surface area contributed by atoms with E-state index in [9.17, 15) is 14.4 Å². The van der Waals surface area contributed by atoms with Crippen LogP contribution in [0.3, 0.4) is 0 Å². The first kappa shape index (κ1) is 23.1. The second-order valence-electron chi connectivity index (χ2n) is 7.92. The van der Waals surface area contributed by atoms with Crippen molar-refractivity contribution in [3.05, 3.63) is 59.7 Å². The molecule has 1 aliphatic heterocycles. The van der Waals surface area contributed by atoms with Crippen molar-refractivity contribution in [3.63, 3.8) is 0 Å². The van der Waals surface area contributed by atoms with E-state index < -0.39 is 24.1 Å². The van der Waals surface area contributed by atoms with Gasteiger partial charge in [-0.3, -0.25) is 14.5 Å². The van der Waals surface area contributed by atoms with Gasteiger partial charge in [-0.15, -0.1) is 0 Å². The monoisotopic (exact) mass is 439 g/mol. The van der Waals surface area contributed by atoms with Crippen molar-refractivity contribution >= 4 is 23.6 Å². The molecule has 0 spiro atoms. The van der Waals surface area contributed by atoms with E-state index in [0.717, 1.165) is 23.3 Å². The van der Waals surface area contributed by atoms with Crippen LogP contribution >= 0.6 is 0 Å². The highest BCUT2D eigenvalue weighted by Gasteiger charge is 2.29. The molecule has 0 bridgehead atoms. The van der Waals surface area contributed by atoms with Crippen LogP contribution in [0.5, 0.6) is 5.75 Å². The maximum atomic E-state index is 12.7. The van der Waals surface area contributed by atoms with E-state index in [2.05, 4.69) is 22.8 Å².